The highest BCUT2D eigenvalue weighted by atomic mass is 35.5. The number of amides is 1. The quantitative estimate of drug-likeness (QED) is 0.436. The van der Waals surface area contributed by atoms with Crippen molar-refractivity contribution in [2.24, 2.45) is 5.92 Å². The molecule has 12 heteroatoms. The molecule has 162 valence electrons. The summed E-state index contributed by atoms with van der Waals surface area (Å²) in [7, 11) is -3.73. The minimum atomic E-state index is -3.73. The van der Waals surface area contributed by atoms with Gasteiger partial charge in [-0.15, -0.1) is 0 Å². The molecular formula is C19H17ClN4O5S2. The first-order chi connectivity index (χ1) is 14.7. The second-order valence-electron chi connectivity index (χ2n) is 7.07. The lowest BCUT2D eigenvalue weighted by Crippen LogP contribution is -2.43. The summed E-state index contributed by atoms with van der Waals surface area (Å²) in [5.74, 6) is -0.860. The fourth-order valence-electron chi connectivity index (χ4n) is 3.42. The molecule has 3 aromatic rings. The molecular weight excluding hydrogens is 464 g/mol. The molecule has 0 bridgehead atoms. The van der Waals surface area contributed by atoms with Gasteiger partial charge in [0.1, 0.15) is 0 Å². The maximum absolute atomic E-state index is 12.9. The number of fused-ring (bicyclic) bond motifs is 1. The Kier molecular flexibility index (Phi) is 5.93. The van der Waals surface area contributed by atoms with Crippen LogP contribution in [-0.4, -0.2) is 41.6 Å². The molecule has 1 amide bonds. The van der Waals surface area contributed by atoms with Gasteiger partial charge >= 0.3 is 0 Å². The SMILES string of the molecule is O=C(Nc1nc2ccc([N+](=O)[O-])cc2s1)C1CCCN(S(=O)(=O)c2ccc(Cl)cc2)C1. The number of piperidine rings is 1. The van der Waals surface area contributed by atoms with Gasteiger partial charge in [-0.25, -0.2) is 13.4 Å². The lowest BCUT2D eigenvalue weighted by Gasteiger charge is -2.31. The Morgan fingerprint density at radius 1 is 1.26 bits per heavy atom. The molecule has 4 rings (SSSR count). The van der Waals surface area contributed by atoms with Crippen LogP contribution in [0.3, 0.4) is 0 Å². The van der Waals surface area contributed by atoms with Crippen molar-refractivity contribution in [1.82, 2.24) is 9.29 Å². The topological polar surface area (TPSA) is 123 Å². The third-order valence-electron chi connectivity index (χ3n) is 5.02. The molecule has 9 nitrogen and oxygen atoms in total. The number of nitrogens with zero attached hydrogens (tertiary/aromatic N) is 3. The third-order valence-corrected chi connectivity index (χ3v) is 8.08. The van der Waals surface area contributed by atoms with Gasteiger partial charge in [0.15, 0.2) is 5.13 Å². The van der Waals surface area contributed by atoms with Crippen molar-refractivity contribution >= 4 is 59.9 Å². The van der Waals surface area contributed by atoms with Crippen molar-refractivity contribution in [2.75, 3.05) is 18.4 Å². The lowest BCUT2D eigenvalue weighted by atomic mass is 9.99. The number of halogens is 1. The van der Waals surface area contributed by atoms with Crippen LogP contribution in [0, 0.1) is 16.0 Å². The predicted octanol–water partition coefficient (Wildman–Crippen LogP) is 3.90. The highest BCUT2D eigenvalue weighted by Crippen LogP contribution is 2.30. The van der Waals surface area contributed by atoms with Gasteiger partial charge in [-0.1, -0.05) is 22.9 Å². The summed E-state index contributed by atoms with van der Waals surface area (Å²) in [4.78, 5) is 27.6. The number of hydrogen-bond acceptors (Lipinski definition) is 7. The van der Waals surface area contributed by atoms with Gasteiger partial charge in [0, 0.05) is 30.2 Å². The van der Waals surface area contributed by atoms with Crippen LogP contribution in [0.25, 0.3) is 10.2 Å². The second kappa shape index (κ2) is 8.50. The lowest BCUT2D eigenvalue weighted by molar-refractivity contribution is -0.384. The Morgan fingerprint density at radius 2 is 2.00 bits per heavy atom. The molecule has 1 unspecified atom stereocenters. The van der Waals surface area contributed by atoms with E-state index < -0.39 is 20.9 Å². The number of sulfonamides is 1. The Balaban J connectivity index is 1.48. The Morgan fingerprint density at radius 3 is 2.71 bits per heavy atom. The minimum absolute atomic E-state index is 0.0515. The van der Waals surface area contributed by atoms with Gasteiger partial charge in [0.05, 0.1) is 26.0 Å². The van der Waals surface area contributed by atoms with E-state index in [0.717, 1.165) is 11.3 Å². The molecule has 0 radical (unpaired) electrons. The van der Waals surface area contributed by atoms with E-state index in [1.807, 2.05) is 0 Å². The molecule has 1 fully saturated rings. The summed E-state index contributed by atoms with van der Waals surface area (Å²) in [5.41, 5.74) is 0.492. The molecule has 1 aliphatic heterocycles. The minimum Gasteiger partial charge on any atom is -0.302 e. The molecule has 1 atom stereocenters. The van der Waals surface area contributed by atoms with E-state index in [1.165, 1.54) is 46.8 Å². The fraction of sp³-hybridized carbons (Fsp3) is 0.263. The highest BCUT2D eigenvalue weighted by Gasteiger charge is 2.33. The third kappa shape index (κ3) is 4.54. The normalized spacial score (nSPS) is 17.5. The average molecular weight is 481 g/mol. The zero-order chi connectivity index (χ0) is 22.2. The van der Waals surface area contributed by atoms with Crippen molar-refractivity contribution in [1.29, 1.82) is 0 Å². The number of benzene rings is 2. The first-order valence-electron chi connectivity index (χ1n) is 9.35. The summed E-state index contributed by atoms with van der Waals surface area (Å²) < 4.78 is 27.7. The van der Waals surface area contributed by atoms with Gasteiger partial charge < -0.3 is 5.32 Å². The highest BCUT2D eigenvalue weighted by molar-refractivity contribution is 7.89. The summed E-state index contributed by atoms with van der Waals surface area (Å²) >= 11 is 6.98. The summed E-state index contributed by atoms with van der Waals surface area (Å²) in [6, 6.07) is 10.2. The smallest absolute Gasteiger partial charge is 0.270 e. The molecule has 1 aromatic heterocycles. The largest absolute Gasteiger partial charge is 0.302 e. The number of nitrogens with one attached hydrogen (secondary N) is 1. The molecule has 2 aromatic carbocycles. The van der Waals surface area contributed by atoms with Crippen LogP contribution in [0.5, 0.6) is 0 Å². The van der Waals surface area contributed by atoms with Crippen molar-refractivity contribution in [3.63, 3.8) is 0 Å². The van der Waals surface area contributed by atoms with Crippen LogP contribution in [-0.2, 0) is 14.8 Å². The van der Waals surface area contributed by atoms with Gasteiger partial charge in [-0.2, -0.15) is 4.31 Å². The zero-order valence-electron chi connectivity index (χ0n) is 16.0. The summed E-state index contributed by atoms with van der Waals surface area (Å²) in [6.45, 7) is 0.396. The number of thiazole rings is 1. The second-order valence-corrected chi connectivity index (χ2v) is 10.5. The van der Waals surface area contributed by atoms with Crippen molar-refractivity contribution in [3.8, 4) is 0 Å². The summed E-state index contributed by atoms with van der Waals surface area (Å²) in [5, 5.41) is 14.4. The number of non-ortho nitro benzene ring substituents is 1. The molecule has 0 aliphatic carbocycles. The number of hydrogen-bond donors (Lipinski definition) is 1. The van der Waals surface area contributed by atoms with E-state index >= 15 is 0 Å². The number of rotatable bonds is 5. The predicted molar refractivity (Wildman–Crippen MR) is 118 cm³/mol. The van der Waals surface area contributed by atoms with E-state index in [-0.39, 0.29) is 23.0 Å². The fourth-order valence-corrected chi connectivity index (χ4v) is 5.97. The first kappa shape index (κ1) is 21.6. The van der Waals surface area contributed by atoms with Gasteiger partial charge in [-0.05, 0) is 43.2 Å². The zero-order valence-corrected chi connectivity index (χ0v) is 18.4. The molecule has 0 saturated carbocycles. The van der Waals surface area contributed by atoms with Crippen LogP contribution in [0.4, 0.5) is 10.8 Å². The van der Waals surface area contributed by atoms with Gasteiger partial charge in [0.25, 0.3) is 5.69 Å². The number of anilines is 1. The Bertz CT molecular complexity index is 1260. The maximum atomic E-state index is 12.9. The van der Waals surface area contributed by atoms with E-state index in [1.54, 1.807) is 0 Å². The van der Waals surface area contributed by atoms with E-state index in [0.29, 0.717) is 39.8 Å². The molecule has 1 aliphatic rings. The van der Waals surface area contributed by atoms with Gasteiger partial charge in [-0.3, -0.25) is 14.9 Å². The first-order valence-corrected chi connectivity index (χ1v) is 12.0. The van der Waals surface area contributed by atoms with Crippen LogP contribution in [0.15, 0.2) is 47.4 Å². The standard InChI is InChI=1S/C19H17ClN4O5S2/c20-13-3-6-15(7-4-13)31(28,29)23-9-1-2-12(11-23)18(25)22-19-21-16-8-5-14(24(26)27)10-17(16)30-19/h3-8,10,12H,1-2,9,11H2,(H,21,22,25). The average Bonchev–Trinajstić information content (AvgIpc) is 3.15. The van der Waals surface area contributed by atoms with E-state index in [4.69, 9.17) is 11.6 Å². The number of carbonyl (C=O) groups is 1. The number of carbonyl (C=O) groups excluding carboxylic acids is 1. The number of nitro groups is 1. The molecule has 1 saturated heterocycles. The van der Waals surface area contributed by atoms with Gasteiger partial charge in [0.2, 0.25) is 15.9 Å². The van der Waals surface area contributed by atoms with E-state index in [2.05, 4.69) is 10.3 Å². The maximum Gasteiger partial charge on any atom is 0.270 e. The number of aromatic nitrogens is 1. The van der Waals surface area contributed by atoms with Crippen LogP contribution >= 0.6 is 22.9 Å². The van der Waals surface area contributed by atoms with E-state index in [9.17, 15) is 23.3 Å². The molecule has 1 N–H and O–H groups in total. The molecule has 2 heterocycles. The number of nitro benzene ring substituents is 1. The van der Waals surface area contributed by atoms with Crippen molar-refractivity contribution in [3.05, 3.63) is 57.6 Å². The van der Waals surface area contributed by atoms with Crippen LogP contribution in [0.1, 0.15) is 12.8 Å². The van der Waals surface area contributed by atoms with Crippen molar-refractivity contribution < 1.29 is 18.1 Å². The molecule has 31 heavy (non-hydrogen) atoms. The van der Waals surface area contributed by atoms with Crippen LogP contribution in [0.2, 0.25) is 5.02 Å². The van der Waals surface area contributed by atoms with Crippen molar-refractivity contribution in [2.45, 2.75) is 17.7 Å². The monoisotopic (exact) mass is 480 g/mol. The Labute approximate surface area is 186 Å². The molecule has 0 spiro atoms. The summed E-state index contributed by atoms with van der Waals surface area (Å²) in [6.07, 6.45) is 1.10. The van der Waals surface area contributed by atoms with Crippen LogP contribution < -0.4 is 5.32 Å². The Hall–Kier alpha value is -2.60.